The summed E-state index contributed by atoms with van der Waals surface area (Å²) in [6.45, 7) is 6.08. The molecule has 60 valence electrons. The van der Waals surface area contributed by atoms with Crippen LogP contribution in [-0.2, 0) is 21.1 Å². The minimum atomic E-state index is 0. The van der Waals surface area contributed by atoms with Crippen LogP contribution in [0.3, 0.4) is 0 Å². The minimum absolute atomic E-state index is 0. The Morgan fingerprint density at radius 2 is 2.09 bits per heavy atom. The van der Waals surface area contributed by atoms with Gasteiger partial charge in [0.05, 0.1) is 0 Å². The first-order chi connectivity index (χ1) is 4.70. The molecule has 0 radical (unpaired) electrons. The zero-order valence-corrected chi connectivity index (χ0v) is 9.89. The summed E-state index contributed by atoms with van der Waals surface area (Å²) in [5.74, 6) is 1.27. The molecule has 3 heteroatoms. The third-order valence-corrected chi connectivity index (χ3v) is 1.29. The predicted octanol–water partition coefficient (Wildman–Crippen LogP) is 1.71. The van der Waals surface area contributed by atoms with Crippen molar-refractivity contribution in [3.05, 3.63) is 23.8 Å². The average molecular weight is 319 g/mol. The fourth-order valence-electron chi connectivity index (χ4n) is 0.723. The van der Waals surface area contributed by atoms with Crippen LogP contribution in [0.1, 0.15) is 31.3 Å². The van der Waals surface area contributed by atoms with E-state index in [1.165, 1.54) is 0 Å². The smallest absolute Gasteiger partial charge is 0.118 e. The Balaban J connectivity index is 0.000001000. The van der Waals surface area contributed by atoms with Gasteiger partial charge in [0.1, 0.15) is 5.82 Å². The van der Waals surface area contributed by atoms with Crippen LogP contribution in [0.15, 0.2) is 6.20 Å². The molecule has 2 nitrogen and oxygen atoms in total. The van der Waals surface area contributed by atoms with Crippen LogP contribution >= 0.6 is 0 Å². The summed E-state index contributed by atoms with van der Waals surface area (Å²) in [4.78, 5) is 8.16. The maximum absolute atomic E-state index is 4.21. The van der Waals surface area contributed by atoms with E-state index in [0.29, 0.717) is 5.92 Å². The molecule has 0 spiro atoms. The van der Waals surface area contributed by atoms with E-state index in [2.05, 4.69) is 29.9 Å². The van der Waals surface area contributed by atoms with E-state index in [1.807, 2.05) is 6.92 Å². The molecular weight excluding hydrogens is 308 g/mol. The number of nitrogens with zero attached hydrogens (tertiary/aromatic N) is 2. The molecule has 1 aromatic heterocycles. The molecule has 1 aromatic rings. The second kappa shape index (κ2) is 4.61. The first-order valence-corrected chi connectivity index (χ1v) is 3.41. The molecule has 1 rings (SSSR count). The molecule has 1 heterocycles. The number of rotatable bonds is 1. The third kappa shape index (κ3) is 3.11. The Morgan fingerprint density at radius 1 is 1.45 bits per heavy atom. The van der Waals surface area contributed by atoms with Gasteiger partial charge in [-0.25, -0.2) is 0 Å². The SMILES string of the molecule is Cc1nc[c-]c(C(C)C)n1.[W]. The Bertz CT molecular complexity index is 223. The number of aromatic nitrogens is 2. The number of hydrogen-bond acceptors (Lipinski definition) is 2. The van der Waals surface area contributed by atoms with Crippen LogP contribution in [0, 0.1) is 13.0 Å². The molecule has 0 aliphatic rings. The van der Waals surface area contributed by atoms with E-state index in [0.717, 1.165) is 11.5 Å². The molecule has 0 saturated carbocycles. The van der Waals surface area contributed by atoms with E-state index in [9.17, 15) is 0 Å². The van der Waals surface area contributed by atoms with Crippen LogP contribution in [0.2, 0.25) is 0 Å². The molecule has 0 atom stereocenters. The van der Waals surface area contributed by atoms with Gasteiger partial charge in [0.2, 0.25) is 0 Å². The summed E-state index contributed by atoms with van der Waals surface area (Å²) in [5, 5.41) is 0. The predicted molar refractivity (Wildman–Crippen MR) is 39.7 cm³/mol. The normalized spacial score (nSPS) is 9.45. The summed E-state index contributed by atoms with van der Waals surface area (Å²) in [7, 11) is 0. The van der Waals surface area contributed by atoms with Crippen LogP contribution in [0.5, 0.6) is 0 Å². The van der Waals surface area contributed by atoms with Gasteiger partial charge in [-0.3, -0.25) is 9.97 Å². The third-order valence-electron chi connectivity index (χ3n) is 1.29. The zero-order chi connectivity index (χ0) is 7.56. The van der Waals surface area contributed by atoms with Crippen LogP contribution < -0.4 is 0 Å². The molecule has 0 bridgehead atoms. The molecule has 0 aliphatic heterocycles. The van der Waals surface area contributed by atoms with Crippen molar-refractivity contribution in [3.63, 3.8) is 0 Å². The van der Waals surface area contributed by atoms with Gasteiger partial charge < -0.3 is 6.07 Å². The van der Waals surface area contributed by atoms with Crippen LogP contribution in [0.25, 0.3) is 0 Å². The summed E-state index contributed by atoms with van der Waals surface area (Å²) in [6, 6.07) is 2.99. The van der Waals surface area contributed by atoms with Crippen LogP contribution in [0.4, 0.5) is 0 Å². The van der Waals surface area contributed by atoms with Crippen molar-refractivity contribution in [1.82, 2.24) is 9.97 Å². The van der Waals surface area contributed by atoms with Gasteiger partial charge in [0, 0.05) is 21.1 Å². The van der Waals surface area contributed by atoms with E-state index < -0.39 is 0 Å². The molecular formula is C8H11N2W-. The minimum Gasteiger partial charge on any atom is -0.430 e. The van der Waals surface area contributed by atoms with Crippen molar-refractivity contribution in [1.29, 1.82) is 0 Å². The van der Waals surface area contributed by atoms with Gasteiger partial charge in [-0.05, 0) is 12.8 Å². The average Bonchev–Trinajstić information content (AvgIpc) is 1.88. The van der Waals surface area contributed by atoms with E-state index >= 15 is 0 Å². The largest absolute Gasteiger partial charge is 0.430 e. The maximum atomic E-state index is 4.21. The Morgan fingerprint density at radius 3 is 2.45 bits per heavy atom. The van der Waals surface area contributed by atoms with Crippen molar-refractivity contribution in [2.75, 3.05) is 0 Å². The zero-order valence-electron chi connectivity index (χ0n) is 6.96. The Labute approximate surface area is 81.7 Å². The first kappa shape index (κ1) is 10.8. The van der Waals surface area contributed by atoms with E-state index in [1.54, 1.807) is 6.20 Å². The van der Waals surface area contributed by atoms with Crippen molar-refractivity contribution in [2.24, 2.45) is 0 Å². The fraction of sp³-hybridized carbons (Fsp3) is 0.500. The van der Waals surface area contributed by atoms with Gasteiger partial charge in [-0.1, -0.05) is 13.8 Å². The molecule has 0 aliphatic carbocycles. The molecule has 0 aromatic carbocycles. The quantitative estimate of drug-likeness (QED) is 0.737. The van der Waals surface area contributed by atoms with Crippen LogP contribution in [-0.4, -0.2) is 9.97 Å². The summed E-state index contributed by atoms with van der Waals surface area (Å²) in [5.41, 5.74) is 0.993. The van der Waals surface area contributed by atoms with E-state index in [-0.39, 0.29) is 21.1 Å². The van der Waals surface area contributed by atoms with Crippen molar-refractivity contribution in [2.45, 2.75) is 26.7 Å². The fourth-order valence-corrected chi connectivity index (χ4v) is 0.723. The first-order valence-electron chi connectivity index (χ1n) is 3.41. The Kier molecular flexibility index (Phi) is 4.51. The van der Waals surface area contributed by atoms with Gasteiger partial charge >= 0.3 is 0 Å². The van der Waals surface area contributed by atoms with E-state index in [4.69, 9.17) is 0 Å². The summed E-state index contributed by atoms with van der Waals surface area (Å²) < 4.78 is 0. The molecule has 0 saturated heterocycles. The molecule has 0 N–H and O–H groups in total. The van der Waals surface area contributed by atoms with Gasteiger partial charge in [0.25, 0.3) is 0 Å². The van der Waals surface area contributed by atoms with Gasteiger partial charge in [0.15, 0.2) is 0 Å². The Hall–Kier alpha value is -0.232. The van der Waals surface area contributed by atoms with Gasteiger partial charge in [-0.15, -0.1) is 11.9 Å². The topological polar surface area (TPSA) is 25.8 Å². The van der Waals surface area contributed by atoms with Crippen molar-refractivity contribution >= 4 is 0 Å². The summed E-state index contributed by atoms with van der Waals surface area (Å²) >= 11 is 0. The maximum Gasteiger partial charge on any atom is 0.118 e. The molecule has 0 fully saturated rings. The van der Waals surface area contributed by atoms with Gasteiger partial charge in [-0.2, -0.15) is 0 Å². The second-order valence-electron chi connectivity index (χ2n) is 2.60. The number of aryl methyl sites for hydroxylation is 1. The second-order valence-corrected chi connectivity index (χ2v) is 2.60. The van der Waals surface area contributed by atoms with Crippen molar-refractivity contribution < 1.29 is 21.1 Å². The standard InChI is InChI=1S/C8H11N2.W/c1-6(2)8-4-5-9-7(3)10-8;/h5-6H,1-3H3;/q-1;. The molecule has 0 amide bonds. The number of hydrogen-bond donors (Lipinski definition) is 0. The summed E-state index contributed by atoms with van der Waals surface area (Å²) in [6.07, 6.45) is 1.68. The molecule has 11 heavy (non-hydrogen) atoms. The monoisotopic (exact) mass is 319 g/mol. The van der Waals surface area contributed by atoms with Crippen molar-refractivity contribution in [3.8, 4) is 0 Å². The molecule has 0 unspecified atom stereocenters.